The average molecular weight is 275 g/mol. The highest BCUT2D eigenvalue weighted by atomic mass is 35.5. The van der Waals surface area contributed by atoms with Gasteiger partial charge in [0.15, 0.2) is 0 Å². The van der Waals surface area contributed by atoms with E-state index in [-0.39, 0.29) is 5.91 Å². The number of nitrogens with zero attached hydrogens (tertiary/aromatic N) is 1. The van der Waals surface area contributed by atoms with E-state index < -0.39 is 0 Å². The lowest BCUT2D eigenvalue weighted by molar-refractivity contribution is 0.102. The highest BCUT2D eigenvalue weighted by molar-refractivity contribution is 6.29. The van der Waals surface area contributed by atoms with E-state index in [2.05, 4.69) is 24.1 Å². The Balaban J connectivity index is 2.10. The number of rotatable bonds is 3. The molecule has 1 amide bonds. The molecule has 0 aliphatic rings. The fourth-order valence-electron chi connectivity index (χ4n) is 1.68. The predicted molar refractivity (Wildman–Crippen MR) is 77.7 cm³/mol. The number of halogens is 1. The number of benzene rings is 1. The first-order valence-corrected chi connectivity index (χ1v) is 6.48. The van der Waals surface area contributed by atoms with Crippen molar-refractivity contribution < 1.29 is 4.79 Å². The molecule has 0 saturated heterocycles. The van der Waals surface area contributed by atoms with Crippen LogP contribution in [0.1, 0.15) is 35.8 Å². The summed E-state index contributed by atoms with van der Waals surface area (Å²) in [4.78, 5) is 15.9. The summed E-state index contributed by atoms with van der Waals surface area (Å²) in [5.41, 5.74) is 2.29. The predicted octanol–water partition coefficient (Wildman–Crippen LogP) is 4.11. The summed E-state index contributed by atoms with van der Waals surface area (Å²) in [5.74, 6) is 0.208. The van der Waals surface area contributed by atoms with Gasteiger partial charge in [-0.15, -0.1) is 0 Å². The van der Waals surface area contributed by atoms with Crippen molar-refractivity contribution in [2.24, 2.45) is 0 Å². The van der Waals surface area contributed by atoms with Crippen LogP contribution in [-0.2, 0) is 0 Å². The number of anilines is 1. The lowest BCUT2D eigenvalue weighted by Crippen LogP contribution is -2.13. The molecule has 2 rings (SSSR count). The topological polar surface area (TPSA) is 42.0 Å². The number of nitrogens with one attached hydrogen (secondary N) is 1. The summed E-state index contributed by atoms with van der Waals surface area (Å²) < 4.78 is 0. The highest BCUT2D eigenvalue weighted by Gasteiger charge is 2.08. The fraction of sp³-hybridized carbons (Fsp3) is 0.200. The van der Waals surface area contributed by atoms with Gasteiger partial charge < -0.3 is 5.32 Å². The Kier molecular flexibility index (Phi) is 4.17. The van der Waals surface area contributed by atoms with E-state index >= 15 is 0 Å². The van der Waals surface area contributed by atoms with Crippen LogP contribution in [-0.4, -0.2) is 10.9 Å². The molecule has 0 saturated carbocycles. The minimum atomic E-state index is -0.264. The zero-order chi connectivity index (χ0) is 13.8. The molecule has 3 nitrogen and oxygen atoms in total. The first-order valence-electron chi connectivity index (χ1n) is 6.10. The van der Waals surface area contributed by atoms with Crippen molar-refractivity contribution >= 4 is 23.2 Å². The molecule has 1 aromatic heterocycles. The van der Waals surface area contributed by atoms with Gasteiger partial charge in [0, 0.05) is 5.69 Å². The maximum absolute atomic E-state index is 12.0. The van der Waals surface area contributed by atoms with E-state index in [4.69, 9.17) is 11.6 Å². The summed E-state index contributed by atoms with van der Waals surface area (Å²) in [7, 11) is 0. The average Bonchev–Trinajstić information content (AvgIpc) is 2.39. The molecule has 0 atom stereocenters. The molecule has 0 aliphatic carbocycles. The fourth-order valence-corrected chi connectivity index (χ4v) is 1.85. The third kappa shape index (κ3) is 3.55. The van der Waals surface area contributed by atoms with Crippen molar-refractivity contribution in [2.75, 3.05) is 5.32 Å². The first-order chi connectivity index (χ1) is 9.06. The number of hydrogen-bond acceptors (Lipinski definition) is 2. The van der Waals surface area contributed by atoms with E-state index in [9.17, 15) is 4.79 Å². The molecule has 0 radical (unpaired) electrons. The van der Waals surface area contributed by atoms with Crippen molar-refractivity contribution in [3.63, 3.8) is 0 Å². The van der Waals surface area contributed by atoms with E-state index in [1.807, 2.05) is 24.3 Å². The van der Waals surface area contributed by atoms with Gasteiger partial charge in [-0.3, -0.25) is 4.79 Å². The molecule has 98 valence electrons. The molecule has 1 N–H and O–H groups in total. The molecule has 0 aliphatic heterocycles. The van der Waals surface area contributed by atoms with Crippen molar-refractivity contribution in [3.05, 3.63) is 58.9 Å². The second kappa shape index (κ2) is 5.85. The standard InChI is InChI=1S/C15H15ClN2O/c1-10(2)11-6-8-12(9-7-11)17-15(19)13-4-3-5-14(16)18-13/h3-10H,1-2H3,(H,17,19). The van der Waals surface area contributed by atoms with Crippen molar-refractivity contribution in [2.45, 2.75) is 19.8 Å². The van der Waals surface area contributed by atoms with Gasteiger partial charge in [-0.1, -0.05) is 43.6 Å². The molecule has 1 heterocycles. The quantitative estimate of drug-likeness (QED) is 0.856. The van der Waals surface area contributed by atoms with Gasteiger partial charge in [-0.2, -0.15) is 0 Å². The molecule has 19 heavy (non-hydrogen) atoms. The van der Waals surface area contributed by atoms with Crippen LogP contribution in [0.4, 0.5) is 5.69 Å². The van der Waals surface area contributed by atoms with Crippen molar-refractivity contribution in [1.29, 1.82) is 0 Å². The van der Waals surface area contributed by atoms with Gasteiger partial charge >= 0.3 is 0 Å². The number of pyridine rings is 1. The van der Waals surface area contributed by atoms with Crippen LogP contribution in [0.3, 0.4) is 0 Å². The Morgan fingerprint density at radius 1 is 1.16 bits per heavy atom. The normalized spacial score (nSPS) is 10.5. The summed E-state index contributed by atoms with van der Waals surface area (Å²) >= 11 is 5.76. The minimum Gasteiger partial charge on any atom is -0.321 e. The Morgan fingerprint density at radius 2 is 1.84 bits per heavy atom. The molecular formula is C15H15ClN2O. The Morgan fingerprint density at radius 3 is 2.42 bits per heavy atom. The Hall–Kier alpha value is -1.87. The van der Waals surface area contributed by atoms with Crippen molar-refractivity contribution in [3.8, 4) is 0 Å². The van der Waals surface area contributed by atoms with Crippen molar-refractivity contribution in [1.82, 2.24) is 4.98 Å². The van der Waals surface area contributed by atoms with Gasteiger partial charge in [0.25, 0.3) is 5.91 Å². The molecule has 2 aromatic rings. The van der Waals surface area contributed by atoms with Crippen LogP contribution in [0.2, 0.25) is 5.15 Å². The number of hydrogen-bond donors (Lipinski definition) is 1. The van der Waals surface area contributed by atoms with Crippen LogP contribution in [0.25, 0.3) is 0 Å². The maximum atomic E-state index is 12.0. The number of amides is 1. The lowest BCUT2D eigenvalue weighted by Gasteiger charge is -2.08. The van der Waals surface area contributed by atoms with Gasteiger partial charge in [0.1, 0.15) is 10.8 Å². The number of aromatic nitrogens is 1. The Bertz CT molecular complexity index is 579. The first kappa shape index (κ1) is 13.6. The van der Waals surface area contributed by atoms with Gasteiger partial charge in [-0.25, -0.2) is 4.98 Å². The molecular weight excluding hydrogens is 260 g/mol. The number of carbonyl (C=O) groups is 1. The van der Waals surface area contributed by atoms with Gasteiger partial charge in [0.05, 0.1) is 0 Å². The van der Waals surface area contributed by atoms with E-state index in [0.29, 0.717) is 16.8 Å². The van der Waals surface area contributed by atoms with Gasteiger partial charge in [-0.05, 0) is 35.7 Å². The summed E-state index contributed by atoms with van der Waals surface area (Å²) in [6.45, 7) is 4.26. The summed E-state index contributed by atoms with van der Waals surface area (Å²) in [6.07, 6.45) is 0. The third-order valence-corrected chi connectivity index (χ3v) is 2.99. The zero-order valence-electron chi connectivity index (χ0n) is 10.9. The van der Waals surface area contributed by atoms with E-state index in [0.717, 1.165) is 5.69 Å². The third-order valence-electron chi connectivity index (χ3n) is 2.78. The van der Waals surface area contributed by atoms with Gasteiger partial charge in [0.2, 0.25) is 0 Å². The van der Waals surface area contributed by atoms with Crippen LogP contribution in [0.5, 0.6) is 0 Å². The minimum absolute atomic E-state index is 0.264. The largest absolute Gasteiger partial charge is 0.321 e. The molecule has 1 aromatic carbocycles. The highest BCUT2D eigenvalue weighted by Crippen LogP contribution is 2.17. The van der Waals surface area contributed by atoms with E-state index in [1.165, 1.54) is 5.56 Å². The molecule has 0 spiro atoms. The Labute approximate surface area is 117 Å². The van der Waals surface area contributed by atoms with Crippen LogP contribution < -0.4 is 5.32 Å². The number of carbonyl (C=O) groups excluding carboxylic acids is 1. The monoisotopic (exact) mass is 274 g/mol. The summed E-state index contributed by atoms with van der Waals surface area (Å²) in [5, 5.41) is 3.10. The second-order valence-corrected chi connectivity index (χ2v) is 4.96. The maximum Gasteiger partial charge on any atom is 0.274 e. The second-order valence-electron chi connectivity index (χ2n) is 4.58. The molecule has 0 bridgehead atoms. The molecule has 0 unspecified atom stereocenters. The lowest BCUT2D eigenvalue weighted by atomic mass is 10.0. The van der Waals surface area contributed by atoms with Crippen LogP contribution >= 0.6 is 11.6 Å². The molecule has 0 fully saturated rings. The zero-order valence-corrected chi connectivity index (χ0v) is 11.6. The molecule has 4 heteroatoms. The smallest absolute Gasteiger partial charge is 0.274 e. The van der Waals surface area contributed by atoms with E-state index in [1.54, 1.807) is 18.2 Å². The SMILES string of the molecule is CC(C)c1ccc(NC(=O)c2cccc(Cl)n2)cc1. The summed E-state index contributed by atoms with van der Waals surface area (Å²) in [6, 6.07) is 12.7. The van der Waals surface area contributed by atoms with Crippen LogP contribution in [0.15, 0.2) is 42.5 Å². The van der Waals surface area contributed by atoms with Crippen LogP contribution in [0, 0.1) is 0 Å².